The number of benzene rings is 2. The fourth-order valence-corrected chi connectivity index (χ4v) is 4.40. The van der Waals surface area contributed by atoms with Crippen LogP contribution >= 0.6 is 11.6 Å². The van der Waals surface area contributed by atoms with E-state index in [1.165, 1.54) is 0 Å². The number of nitrogens with zero attached hydrogens (tertiary/aromatic N) is 4. The fourth-order valence-electron chi connectivity index (χ4n) is 4.27. The summed E-state index contributed by atoms with van der Waals surface area (Å²) in [4.78, 5) is 20.3. The monoisotopic (exact) mass is 426 g/mol. The van der Waals surface area contributed by atoms with Gasteiger partial charge in [0.05, 0.1) is 18.2 Å². The van der Waals surface area contributed by atoms with Crippen LogP contribution in [0.3, 0.4) is 0 Å². The van der Waals surface area contributed by atoms with Gasteiger partial charge in [-0.3, -0.25) is 14.3 Å². The topological polar surface area (TPSA) is 61.9 Å². The zero-order valence-corrected chi connectivity index (χ0v) is 17.5. The van der Waals surface area contributed by atoms with Crippen LogP contribution in [0.25, 0.3) is 11.0 Å². The van der Waals surface area contributed by atoms with E-state index < -0.39 is 0 Å². The Morgan fingerprint density at radius 2 is 1.77 bits per heavy atom. The number of hydrogen-bond donors (Lipinski definition) is 0. The Balaban J connectivity index is 1.53. The first-order valence-electron chi connectivity index (χ1n) is 10.1. The second-order valence-corrected chi connectivity index (χ2v) is 8.24. The van der Waals surface area contributed by atoms with Crippen molar-refractivity contribution in [2.45, 2.75) is 26.2 Å². The molecule has 0 atom stereocenters. The number of pyridine rings is 2. The Hall–Kier alpha value is -3.46. The molecule has 31 heavy (non-hydrogen) atoms. The maximum absolute atomic E-state index is 13.5. The maximum Gasteiger partial charge on any atom is 0.257 e. The Bertz CT molecular complexity index is 1390. The zero-order valence-electron chi connectivity index (χ0n) is 16.8. The largest absolute Gasteiger partial charge is 0.290 e. The van der Waals surface area contributed by atoms with E-state index in [1.54, 1.807) is 16.8 Å². The molecule has 0 saturated carbocycles. The van der Waals surface area contributed by atoms with E-state index in [9.17, 15) is 4.79 Å². The number of nitriles is 1. The number of halogens is 1. The lowest BCUT2D eigenvalue weighted by molar-refractivity contribution is 0.275. The number of hydrogen-bond acceptors (Lipinski definition) is 4. The van der Waals surface area contributed by atoms with E-state index in [1.807, 2.05) is 54.6 Å². The van der Waals surface area contributed by atoms with Crippen LogP contribution in [-0.4, -0.2) is 14.5 Å². The van der Waals surface area contributed by atoms with Crippen LogP contribution in [0.2, 0.25) is 5.02 Å². The van der Waals surface area contributed by atoms with Gasteiger partial charge in [0.2, 0.25) is 0 Å². The van der Waals surface area contributed by atoms with E-state index >= 15 is 0 Å². The van der Waals surface area contributed by atoms with Crippen molar-refractivity contribution in [1.29, 1.82) is 5.26 Å². The lowest BCUT2D eigenvalue weighted by Crippen LogP contribution is -2.26. The zero-order chi connectivity index (χ0) is 21.4. The van der Waals surface area contributed by atoms with Crippen molar-refractivity contribution in [1.82, 2.24) is 14.5 Å². The molecule has 5 rings (SSSR count). The van der Waals surface area contributed by atoms with Crippen molar-refractivity contribution in [2.24, 2.45) is 0 Å². The van der Waals surface area contributed by atoms with Gasteiger partial charge in [0.1, 0.15) is 5.65 Å². The van der Waals surface area contributed by atoms with Gasteiger partial charge in [-0.1, -0.05) is 35.9 Å². The average molecular weight is 427 g/mol. The molecule has 152 valence electrons. The van der Waals surface area contributed by atoms with Crippen molar-refractivity contribution in [3.8, 4) is 6.07 Å². The lowest BCUT2D eigenvalue weighted by atomic mass is 10.1. The van der Waals surface area contributed by atoms with Crippen molar-refractivity contribution in [2.75, 3.05) is 0 Å². The third-order valence-corrected chi connectivity index (χ3v) is 5.97. The lowest BCUT2D eigenvalue weighted by Gasteiger charge is -2.14. The molecule has 0 spiro atoms. The molecule has 0 amide bonds. The molecule has 0 fully saturated rings. The highest BCUT2D eigenvalue weighted by Crippen LogP contribution is 2.28. The van der Waals surface area contributed by atoms with Gasteiger partial charge in [-0.15, -0.1) is 0 Å². The molecule has 5 nitrogen and oxygen atoms in total. The summed E-state index contributed by atoms with van der Waals surface area (Å²) >= 11 is 6.02. The van der Waals surface area contributed by atoms with E-state index in [-0.39, 0.29) is 5.56 Å². The van der Waals surface area contributed by atoms with Crippen molar-refractivity contribution in [3.63, 3.8) is 0 Å². The maximum atomic E-state index is 13.5. The molecule has 1 aliphatic heterocycles. The molecule has 0 radical (unpaired) electrons. The van der Waals surface area contributed by atoms with Crippen LogP contribution in [0.1, 0.15) is 27.8 Å². The summed E-state index contributed by atoms with van der Waals surface area (Å²) in [6.45, 7) is 2.39. The van der Waals surface area contributed by atoms with Gasteiger partial charge in [0.15, 0.2) is 0 Å². The minimum atomic E-state index is 0.00410. The number of fused-ring (bicyclic) bond motifs is 3. The third-order valence-electron chi connectivity index (χ3n) is 5.71. The van der Waals surface area contributed by atoms with E-state index in [4.69, 9.17) is 16.9 Å². The predicted molar refractivity (Wildman–Crippen MR) is 121 cm³/mol. The highest BCUT2D eigenvalue weighted by atomic mass is 35.5. The third kappa shape index (κ3) is 3.72. The summed E-state index contributed by atoms with van der Waals surface area (Å²) in [6.07, 6.45) is 1.73. The van der Waals surface area contributed by atoms with Gasteiger partial charge >= 0.3 is 0 Å². The summed E-state index contributed by atoms with van der Waals surface area (Å²) in [6, 6.07) is 21.3. The first kappa shape index (κ1) is 19.5. The predicted octanol–water partition coefficient (Wildman–Crippen LogP) is 4.49. The van der Waals surface area contributed by atoms with Crippen LogP contribution in [0.5, 0.6) is 0 Å². The fraction of sp³-hybridized carbons (Fsp3) is 0.160. The molecule has 2 aromatic carbocycles. The summed E-state index contributed by atoms with van der Waals surface area (Å²) in [7, 11) is 0. The van der Waals surface area contributed by atoms with Gasteiger partial charge in [0, 0.05) is 41.8 Å². The van der Waals surface area contributed by atoms with Crippen LogP contribution in [-0.2, 0) is 26.2 Å². The second kappa shape index (κ2) is 7.99. The molecule has 1 aliphatic rings. The molecule has 3 heterocycles. The molecule has 4 aromatic rings. The Morgan fingerprint density at radius 1 is 0.968 bits per heavy atom. The Morgan fingerprint density at radius 3 is 2.58 bits per heavy atom. The van der Waals surface area contributed by atoms with E-state index in [2.05, 4.69) is 16.0 Å². The van der Waals surface area contributed by atoms with Gasteiger partial charge < -0.3 is 0 Å². The molecule has 0 unspecified atom stereocenters. The number of rotatable bonds is 4. The van der Waals surface area contributed by atoms with Crippen LogP contribution in [0.15, 0.2) is 71.7 Å². The molecular weight excluding hydrogens is 408 g/mol. The Labute approximate surface area is 184 Å². The van der Waals surface area contributed by atoms with Gasteiger partial charge in [0.25, 0.3) is 5.56 Å². The highest BCUT2D eigenvalue weighted by Gasteiger charge is 2.26. The number of aromatic nitrogens is 2. The van der Waals surface area contributed by atoms with Gasteiger partial charge in [-0.2, -0.15) is 5.26 Å². The molecule has 0 aliphatic carbocycles. The minimum absolute atomic E-state index is 0.00410. The summed E-state index contributed by atoms with van der Waals surface area (Å²) < 4.78 is 1.76. The SMILES string of the molecule is N#Cc1cccc(CN2Cc3c(c4cccnc4n(Cc4ccc(Cl)cc4)c3=O)C2)c1. The Kier molecular flexibility index (Phi) is 5.03. The summed E-state index contributed by atoms with van der Waals surface area (Å²) in [5, 5.41) is 10.8. The quantitative estimate of drug-likeness (QED) is 0.482. The van der Waals surface area contributed by atoms with Gasteiger partial charge in [-0.05, 0) is 53.1 Å². The average Bonchev–Trinajstić information content (AvgIpc) is 3.22. The van der Waals surface area contributed by atoms with E-state index in [0.29, 0.717) is 42.4 Å². The second-order valence-electron chi connectivity index (χ2n) is 7.81. The first-order chi connectivity index (χ1) is 15.1. The molecule has 0 N–H and O–H groups in total. The molecular formula is C25H19ClN4O. The van der Waals surface area contributed by atoms with Crippen LogP contribution in [0, 0.1) is 11.3 Å². The molecule has 6 heteroatoms. The minimum Gasteiger partial charge on any atom is -0.290 e. The summed E-state index contributed by atoms with van der Waals surface area (Å²) in [5.74, 6) is 0. The normalized spacial score (nSPS) is 13.3. The van der Waals surface area contributed by atoms with Crippen molar-refractivity contribution in [3.05, 3.63) is 110 Å². The van der Waals surface area contributed by atoms with E-state index in [0.717, 1.165) is 27.6 Å². The molecule has 0 bridgehead atoms. The molecule has 0 saturated heterocycles. The van der Waals surface area contributed by atoms with Crippen LogP contribution in [0.4, 0.5) is 0 Å². The first-order valence-corrected chi connectivity index (χ1v) is 10.5. The smallest absolute Gasteiger partial charge is 0.257 e. The van der Waals surface area contributed by atoms with Crippen molar-refractivity contribution < 1.29 is 0 Å². The highest BCUT2D eigenvalue weighted by molar-refractivity contribution is 6.30. The van der Waals surface area contributed by atoms with Crippen LogP contribution < -0.4 is 5.56 Å². The summed E-state index contributed by atoms with van der Waals surface area (Å²) in [5.41, 5.74) is 5.30. The standard InChI is InChI=1S/C25H19ClN4O/c26-20-8-6-17(7-9-20)14-30-24-21(5-2-10-28-24)22-15-29(16-23(22)25(30)31)13-19-4-1-3-18(11-19)12-27/h1-11H,13-16H2. The molecule has 2 aromatic heterocycles. The van der Waals surface area contributed by atoms with Crippen molar-refractivity contribution >= 4 is 22.6 Å². The van der Waals surface area contributed by atoms with Gasteiger partial charge in [-0.25, -0.2) is 4.98 Å².